The summed E-state index contributed by atoms with van der Waals surface area (Å²) in [5.74, 6) is 0.472. The SMILES string of the molecule is CCOC(=O)c1ccc(CC2CCCCC2)c(NCc2ccc(Cl)cc2)c1. The number of carbonyl (C=O) groups excluding carboxylic acids is 1. The van der Waals surface area contributed by atoms with Gasteiger partial charge in [-0.2, -0.15) is 0 Å². The molecule has 1 aliphatic rings. The van der Waals surface area contributed by atoms with E-state index in [1.54, 1.807) is 0 Å². The second-order valence-electron chi connectivity index (χ2n) is 7.28. The van der Waals surface area contributed by atoms with Crippen molar-refractivity contribution in [2.75, 3.05) is 11.9 Å². The zero-order valence-electron chi connectivity index (χ0n) is 16.0. The van der Waals surface area contributed by atoms with E-state index in [0.717, 1.165) is 28.6 Å². The standard InChI is InChI=1S/C23H28ClNO2/c1-2-27-23(26)20-11-10-19(14-17-6-4-3-5-7-17)22(15-20)25-16-18-8-12-21(24)13-9-18/h8-13,15,17,25H,2-7,14,16H2,1H3. The van der Waals surface area contributed by atoms with Gasteiger partial charge in [0, 0.05) is 17.3 Å². The van der Waals surface area contributed by atoms with E-state index >= 15 is 0 Å². The lowest BCUT2D eigenvalue weighted by Gasteiger charge is -2.23. The zero-order valence-corrected chi connectivity index (χ0v) is 16.7. The Kier molecular flexibility index (Phi) is 7.17. The number of carbonyl (C=O) groups is 1. The highest BCUT2D eigenvalue weighted by Gasteiger charge is 2.17. The molecule has 3 nitrogen and oxygen atoms in total. The third-order valence-corrected chi connectivity index (χ3v) is 5.50. The lowest BCUT2D eigenvalue weighted by molar-refractivity contribution is 0.0526. The van der Waals surface area contributed by atoms with Crippen LogP contribution < -0.4 is 5.32 Å². The molecule has 0 radical (unpaired) electrons. The number of nitrogens with one attached hydrogen (secondary N) is 1. The van der Waals surface area contributed by atoms with Crippen molar-refractivity contribution in [3.8, 4) is 0 Å². The highest BCUT2D eigenvalue weighted by atomic mass is 35.5. The molecule has 1 fully saturated rings. The lowest BCUT2D eigenvalue weighted by Crippen LogP contribution is -2.12. The van der Waals surface area contributed by atoms with Crippen LogP contribution in [0.2, 0.25) is 5.02 Å². The van der Waals surface area contributed by atoms with Crippen molar-refractivity contribution in [3.63, 3.8) is 0 Å². The molecule has 144 valence electrons. The summed E-state index contributed by atoms with van der Waals surface area (Å²) in [6.45, 7) is 2.91. The topological polar surface area (TPSA) is 38.3 Å². The zero-order chi connectivity index (χ0) is 19.1. The Morgan fingerprint density at radius 3 is 2.56 bits per heavy atom. The van der Waals surface area contributed by atoms with Gasteiger partial charge in [0.2, 0.25) is 0 Å². The molecule has 1 aliphatic carbocycles. The summed E-state index contributed by atoms with van der Waals surface area (Å²) in [4.78, 5) is 12.1. The van der Waals surface area contributed by atoms with E-state index in [0.29, 0.717) is 18.7 Å². The summed E-state index contributed by atoms with van der Waals surface area (Å²) in [6.07, 6.45) is 7.69. The molecule has 0 spiro atoms. The van der Waals surface area contributed by atoms with Crippen molar-refractivity contribution in [2.24, 2.45) is 5.92 Å². The van der Waals surface area contributed by atoms with E-state index in [1.165, 1.54) is 37.7 Å². The van der Waals surface area contributed by atoms with Gasteiger partial charge in [-0.05, 0) is 54.7 Å². The van der Waals surface area contributed by atoms with E-state index < -0.39 is 0 Å². The minimum atomic E-state index is -0.267. The molecule has 0 heterocycles. The molecule has 1 N–H and O–H groups in total. The average Bonchev–Trinajstić information content (AvgIpc) is 2.69. The maximum Gasteiger partial charge on any atom is 0.338 e. The highest BCUT2D eigenvalue weighted by molar-refractivity contribution is 6.30. The van der Waals surface area contributed by atoms with E-state index in [9.17, 15) is 4.79 Å². The summed E-state index contributed by atoms with van der Waals surface area (Å²) in [6, 6.07) is 13.8. The van der Waals surface area contributed by atoms with Crippen LogP contribution in [-0.2, 0) is 17.7 Å². The summed E-state index contributed by atoms with van der Waals surface area (Å²) in [5, 5.41) is 4.26. The van der Waals surface area contributed by atoms with Crippen molar-refractivity contribution >= 4 is 23.3 Å². The van der Waals surface area contributed by atoms with Gasteiger partial charge in [-0.25, -0.2) is 4.79 Å². The monoisotopic (exact) mass is 385 g/mol. The summed E-state index contributed by atoms with van der Waals surface area (Å²) < 4.78 is 5.17. The van der Waals surface area contributed by atoms with Crippen LogP contribution in [0.3, 0.4) is 0 Å². The minimum Gasteiger partial charge on any atom is -0.462 e. The number of hydrogen-bond acceptors (Lipinski definition) is 3. The van der Waals surface area contributed by atoms with Gasteiger partial charge in [0.05, 0.1) is 12.2 Å². The fourth-order valence-corrected chi connectivity index (χ4v) is 3.89. The molecule has 0 aromatic heterocycles. The van der Waals surface area contributed by atoms with E-state index in [4.69, 9.17) is 16.3 Å². The number of ether oxygens (including phenoxy) is 1. The number of anilines is 1. The molecule has 0 atom stereocenters. The Labute approximate surface area is 167 Å². The molecule has 2 aromatic carbocycles. The summed E-state index contributed by atoms with van der Waals surface area (Å²) >= 11 is 5.98. The molecule has 27 heavy (non-hydrogen) atoms. The maximum atomic E-state index is 12.1. The van der Waals surface area contributed by atoms with E-state index in [-0.39, 0.29) is 5.97 Å². The van der Waals surface area contributed by atoms with Crippen LogP contribution in [0.25, 0.3) is 0 Å². The Morgan fingerprint density at radius 2 is 1.85 bits per heavy atom. The first-order valence-electron chi connectivity index (χ1n) is 9.94. The van der Waals surface area contributed by atoms with Crippen molar-refractivity contribution < 1.29 is 9.53 Å². The molecule has 0 unspecified atom stereocenters. The molecule has 0 aliphatic heterocycles. The Morgan fingerprint density at radius 1 is 1.11 bits per heavy atom. The largest absolute Gasteiger partial charge is 0.462 e. The maximum absolute atomic E-state index is 12.1. The van der Waals surface area contributed by atoms with Gasteiger partial charge in [-0.15, -0.1) is 0 Å². The fourth-order valence-electron chi connectivity index (χ4n) is 3.76. The molecule has 2 aromatic rings. The van der Waals surface area contributed by atoms with Crippen LogP contribution in [0, 0.1) is 5.92 Å². The Bertz CT molecular complexity index is 751. The second kappa shape index (κ2) is 9.80. The molecule has 0 amide bonds. The summed E-state index contributed by atoms with van der Waals surface area (Å²) in [5.41, 5.74) is 4.07. The van der Waals surface area contributed by atoms with Crippen molar-refractivity contribution in [3.05, 3.63) is 64.2 Å². The van der Waals surface area contributed by atoms with Crippen LogP contribution in [-0.4, -0.2) is 12.6 Å². The number of benzene rings is 2. The van der Waals surface area contributed by atoms with Crippen molar-refractivity contribution in [1.29, 1.82) is 0 Å². The van der Waals surface area contributed by atoms with Crippen LogP contribution in [0.1, 0.15) is 60.5 Å². The molecule has 0 bridgehead atoms. The van der Waals surface area contributed by atoms with Crippen LogP contribution in [0.5, 0.6) is 0 Å². The average molecular weight is 386 g/mol. The van der Waals surface area contributed by atoms with Gasteiger partial charge in [0.1, 0.15) is 0 Å². The Balaban J connectivity index is 1.77. The van der Waals surface area contributed by atoms with Gasteiger partial charge in [-0.3, -0.25) is 0 Å². The van der Waals surface area contributed by atoms with Crippen LogP contribution in [0.15, 0.2) is 42.5 Å². The normalized spacial score (nSPS) is 14.7. The fraction of sp³-hybridized carbons (Fsp3) is 0.435. The second-order valence-corrected chi connectivity index (χ2v) is 7.72. The van der Waals surface area contributed by atoms with Crippen molar-refractivity contribution in [2.45, 2.75) is 52.0 Å². The third-order valence-electron chi connectivity index (χ3n) is 5.25. The smallest absolute Gasteiger partial charge is 0.338 e. The first-order valence-corrected chi connectivity index (χ1v) is 10.3. The lowest BCUT2D eigenvalue weighted by atomic mass is 9.84. The van der Waals surface area contributed by atoms with Crippen LogP contribution >= 0.6 is 11.6 Å². The van der Waals surface area contributed by atoms with E-state index in [1.807, 2.05) is 43.3 Å². The van der Waals surface area contributed by atoms with Gasteiger partial charge >= 0.3 is 5.97 Å². The predicted octanol–water partition coefficient (Wildman–Crippen LogP) is 6.25. The number of hydrogen-bond donors (Lipinski definition) is 1. The highest BCUT2D eigenvalue weighted by Crippen LogP contribution is 2.30. The van der Waals surface area contributed by atoms with Crippen LogP contribution in [0.4, 0.5) is 5.69 Å². The number of rotatable bonds is 7. The number of esters is 1. The molecular formula is C23H28ClNO2. The van der Waals surface area contributed by atoms with Gasteiger partial charge in [0.15, 0.2) is 0 Å². The first-order chi connectivity index (χ1) is 13.2. The van der Waals surface area contributed by atoms with Gasteiger partial charge in [-0.1, -0.05) is 61.9 Å². The van der Waals surface area contributed by atoms with Gasteiger partial charge < -0.3 is 10.1 Å². The first kappa shape index (κ1) is 19.8. The predicted molar refractivity (Wildman–Crippen MR) is 111 cm³/mol. The number of halogens is 1. The quantitative estimate of drug-likeness (QED) is 0.572. The minimum absolute atomic E-state index is 0.267. The Hall–Kier alpha value is -2.00. The third kappa shape index (κ3) is 5.74. The molecule has 1 saturated carbocycles. The van der Waals surface area contributed by atoms with E-state index in [2.05, 4.69) is 11.4 Å². The van der Waals surface area contributed by atoms with Crippen molar-refractivity contribution in [1.82, 2.24) is 0 Å². The molecule has 4 heteroatoms. The molecule has 0 saturated heterocycles. The molecular weight excluding hydrogens is 358 g/mol. The summed E-state index contributed by atoms with van der Waals surface area (Å²) in [7, 11) is 0. The van der Waals surface area contributed by atoms with Gasteiger partial charge in [0.25, 0.3) is 0 Å². The molecule has 3 rings (SSSR count).